The van der Waals surface area contributed by atoms with E-state index in [0.717, 1.165) is 37.1 Å². The lowest BCUT2D eigenvalue weighted by molar-refractivity contribution is -0.137. The highest BCUT2D eigenvalue weighted by Crippen LogP contribution is 2.43. The molecule has 1 unspecified atom stereocenters. The molecule has 40 heavy (non-hydrogen) atoms. The van der Waals surface area contributed by atoms with E-state index < -0.39 is 11.2 Å². The van der Waals surface area contributed by atoms with Crippen LogP contribution in [0, 0.1) is 0 Å². The Morgan fingerprint density at radius 2 is 1.88 bits per heavy atom. The summed E-state index contributed by atoms with van der Waals surface area (Å²) in [5.41, 5.74) is 2.89. The molecule has 9 nitrogen and oxygen atoms in total. The molecule has 1 amide bonds. The minimum absolute atomic E-state index is 0.0729. The van der Waals surface area contributed by atoms with Crippen LogP contribution in [0.15, 0.2) is 36.7 Å². The van der Waals surface area contributed by atoms with Crippen molar-refractivity contribution in [3.05, 3.63) is 41.7 Å². The van der Waals surface area contributed by atoms with Crippen molar-refractivity contribution in [2.45, 2.75) is 44.9 Å². The van der Waals surface area contributed by atoms with Gasteiger partial charge in [-0.25, -0.2) is 9.97 Å². The fraction of sp³-hybridized carbons (Fsp3) is 0.481. The highest BCUT2D eigenvalue weighted by atomic mass is 32.1. The average molecular weight is 573 g/mol. The molecular formula is C27H31F3N8OS. The molecule has 0 bridgehead atoms. The molecule has 0 saturated carbocycles. The van der Waals surface area contributed by atoms with E-state index in [1.807, 2.05) is 35.6 Å². The summed E-state index contributed by atoms with van der Waals surface area (Å²) in [5, 5.41) is 3.63. The summed E-state index contributed by atoms with van der Waals surface area (Å²) in [6.07, 6.45) is 2.31. The Morgan fingerprint density at radius 1 is 1.07 bits per heavy atom. The fourth-order valence-corrected chi connectivity index (χ4v) is 6.63. The van der Waals surface area contributed by atoms with Gasteiger partial charge in [-0.1, -0.05) is 11.3 Å². The topological polar surface area (TPSA) is 75.3 Å². The Kier molecular flexibility index (Phi) is 6.93. The Bertz CT molecular complexity index is 1510. The van der Waals surface area contributed by atoms with Gasteiger partial charge in [0, 0.05) is 63.9 Å². The number of fused-ring (bicyclic) bond motifs is 1. The molecule has 2 aliphatic rings. The average Bonchev–Trinajstić information content (AvgIpc) is 3.68. The number of hydrogen-bond acceptors (Lipinski definition) is 7. The zero-order chi connectivity index (χ0) is 28.0. The van der Waals surface area contributed by atoms with Crippen molar-refractivity contribution in [3.8, 4) is 11.5 Å². The van der Waals surface area contributed by atoms with Gasteiger partial charge in [0.05, 0.1) is 11.0 Å². The lowest BCUT2D eigenvalue weighted by Crippen LogP contribution is -2.54. The number of nitrogens with zero attached hydrogens (tertiary/aromatic N) is 8. The van der Waals surface area contributed by atoms with E-state index >= 15 is 0 Å². The van der Waals surface area contributed by atoms with Crippen molar-refractivity contribution in [2.24, 2.45) is 7.05 Å². The number of alkyl halides is 3. The van der Waals surface area contributed by atoms with Crippen LogP contribution in [0.1, 0.15) is 31.2 Å². The lowest BCUT2D eigenvalue weighted by Gasteiger charge is -2.40. The Labute approximate surface area is 233 Å². The van der Waals surface area contributed by atoms with Gasteiger partial charge < -0.3 is 19.3 Å². The van der Waals surface area contributed by atoms with E-state index in [2.05, 4.69) is 21.0 Å². The van der Waals surface area contributed by atoms with Crippen LogP contribution in [-0.2, 0) is 24.6 Å². The number of piperidine rings is 1. The second kappa shape index (κ2) is 10.4. The number of carbonyl (C=O) groups excluding carboxylic acids is 1. The zero-order valence-electron chi connectivity index (χ0n) is 22.4. The monoisotopic (exact) mass is 572 g/mol. The normalized spacial score (nSPS) is 18.6. The standard InChI is InChI=1S/C27H31F3N8OS/c1-18-16-36(13-14-38(18)22(39)17-37-12-6-9-31-37)25-23(33-26(40-25)27(28,29)30)24-32-20-8-7-19(15-21(20)34(24)2)35-10-4-3-5-11-35/h6-9,12,15,18H,3-5,10-11,13-14,16-17H2,1-2H3. The van der Waals surface area contributed by atoms with Crippen molar-refractivity contribution in [1.82, 2.24) is 29.2 Å². The first-order valence-corrected chi connectivity index (χ1v) is 14.3. The number of halogens is 3. The van der Waals surface area contributed by atoms with Crippen LogP contribution in [0.25, 0.3) is 22.6 Å². The van der Waals surface area contributed by atoms with Crippen LogP contribution in [-0.4, -0.2) is 73.9 Å². The molecule has 0 radical (unpaired) electrons. The van der Waals surface area contributed by atoms with E-state index in [0.29, 0.717) is 47.3 Å². The molecule has 2 aliphatic heterocycles. The summed E-state index contributed by atoms with van der Waals surface area (Å²) >= 11 is 0.638. The van der Waals surface area contributed by atoms with Crippen LogP contribution < -0.4 is 9.80 Å². The molecule has 1 atom stereocenters. The number of amides is 1. The van der Waals surface area contributed by atoms with E-state index in [9.17, 15) is 18.0 Å². The number of aromatic nitrogens is 5. The number of aryl methyl sites for hydroxylation is 1. The van der Waals surface area contributed by atoms with Crippen molar-refractivity contribution in [1.29, 1.82) is 0 Å². The quantitative estimate of drug-likeness (QED) is 0.347. The summed E-state index contributed by atoms with van der Waals surface area (Å²) in [6.45, 7) is 5.20. The number of anilines is 2. The molecule has 2 fully saturated rings. The number of hydrogen-bond donors (Lipinski definition) is 0. The maximum atomic E-state index is 13.9. The maximum absolute atomic E-state index is 13.9. The van der Waals surface area contributed by atoms with Crippen LogP contribution in [0.2, 0.25) is 0 Å². The predicted octanol–water partition coefficient (Wildman–Crippen LogP) is 4.64. The van der Waals surface area contributed by atoms with Gasteiger partial charge in [-0.3, -0.25) is 9.48 Å². The molecule has 0 N–H and O–H groups in total. The van der Waals surface area contributed by atoms with E-state index in [1.165, 1.54) is 6.42 Å². The molecule has 6 rings (SSSR count). The fourth-order valence-electron chi connectivity index (χ4n) is 5.67. The second-order valence-electron chi connectivity index (χ2n) is 10.5. The SMILES string of the molecule is CC1CN(c2sc(C(F)(F)F)nc2-c2nc3ccc(N4CCCCC4)cc3n2C)CCN1C(=O)Cn1cccn1. The van der Waals surface area contributed by atoms with Crippen molar-refractivity contribution >= 4 is 39.0 Å². The molecule has 3 aromatic heterocycles. The van der Waals surface area contributed by atoms with Crippen LogP contribution in [0.5, 0.6) is 0 Å². The van der Waals surface area contributed by atoms with E-state index in [-0.39, 0.29) is 24.2 Å². The number of rotatable bonds is 5. The molecule has 5 heterocycles. The highest BCUT2D eigenvalue weighted by molar-refractivity contribution is 7.16. The lowest BCUT2D eigenvalue weighted by atomic mass is 10.1. The summed E-state index contributed by atoms with van der Waals surface area (Å²) < 4.78 is 45.1. The predicted molar refractivity (Wildman–Crippen MR) is 149 cm³/mol. The van der Waals surface area contributed by atoms with Crippen LogP contribution in [0.3, 0.4) is 0 Å². The molecule has 0 aliphatic carbocycles. The highest BCUT2D eigenvalue weighted by Gasteiger charge is 2.39. The number of piperazine rings is 1. The van der Waals surface area contributed by atoms with Crippen molar-refractivity contribution < 1.29 is 18.0 Å². The first-order chi connectivity index (χ1) is 19.2. The third kappa shape index (κ3) is 5.02. The third-order valence-corrected chi connectivity index (χ3v) is 8.90. The van der Waals surface area contributed by atoms with Gasteiger partial charge in [-0.05, 0) is 50.5 Å². The van der Waals surface area contributed by atoms with Gasteiger partial charge in [-0.15, -0.1) is 0 Å². The smallest absolute Gasteiger partial charge is 0.371 e. The minimum atomic E-state index is -4.57. The number of imidazole rings is 1. The van der Waals surface area contributed by atoms with Gasteiger partial charge in [0.1, 0.15) is 17.2 Å². The molecule has 1 aromatic carbocycles. The summed E-state index contributed by atoms with van der Waals surface area (Å²) in [4.78, 5) is 27.8. The molecule has 0 spiro atoms. The summed E-state index contributed by atoms with van der Waals surface area (Å²) in [5.74, 6) is 0.327. The van der Waals surface area contributed by atoms with Gasteiger partial charge in [0.15, 0.2) is 5.82 Å². The van der Waals surface area contributed by atoms with Gasteiger partial charge in [0.25, 0.3) is 0 Å². The first-order valence-electron chi connectivity index (χ1n) is 13.5. The maximum Gasteiger partial charge on any atom is 0.443 e. The number of thiazole rings is 1. The van der Waals surface area contributed by atoms with Gasteiger partial charge in [-0.2, -0.15) is 18.3 Å². The Hall–Kier alpha value is -3.61. The zero-order valence-corrected chi connectivity index (χ0v) is 23.3. The third-order valence-electron chi connectivity index (χ3n) is 7.74. The van der Waals surface area contributed by atoms with E-state index in [4.69, 9.17) is 4.98 Å². The Morgan fingerprint density at radius 3 is 2.58 bits per heavy atom. The molecule has 13 heteroatoms. The molecule has 2 saturated heterocycles. The van der Waals surface area contributed by atoms with Crippen molar-refractivity contribution in [3.63, 3.8) is 0 Å². The second-order valence-corrected chi connectivity index (χ2v) is 11.4. The summed E-state index contributed by atoms with van der Waals surface area (Å²) in [7, 11) is 1.83. The number of carbonyl (C=O) groups is 1. The van der Waals surface area contributed by atoms with Gasteiger partial charge in [0.2, 0.25) is 10.9 Å². The Balaban J connectivity index is 1.31. The first kappa shape index (κ1) is 26.6. The molecule has 4 aromatic rings. The molecule has 212 valence electrons. The van der Waals surface area contributed by atoms with Crippen LogP contribution in [0.4, 0.5) is 23.9 Å². The summed E-state index contributed by atoms with van der Waals surface area (Å²) in [6, 6.07) is 7.60. The minimum Gasteiger partial charge on any atom is -0.371 e. The van der Waals surface area contributed by atoms with Crippen LogP contribution >= 0.6 is 11.3 Å². The van der Waals surface area contributed by atoms with Crippen molar-refractivity contribution in [2.75, 3.05) is 42.5 Å². The molecular weight excluding hydrogens is 541 g/mol. The van der Waals surface area contributed by atoms with E-state index in [1.54, 1.807) is 28.0 Å². The van der Waals surface area contributed by atoms with Gasteiger partial charge >= 0.3 is 6.18 Å². The number of benzene rings is 1. The largest absolute Gasteiger partial charge is 0.443 e.